The number of rotatable bonds is 7. The molecular formula is C22H27FN2O5S. The van der Waals surface area contributed by atoms with Crippen LogP contribution < -0.4 is 14.8 Å². The van der Waals surface area contributed by atoms with Crippen LogP contribution in [0, 0.1) is 11.7 Å². The minimum absolute atomic E-state index is 0.0514. The average molecular weight is 451 g/mol. The van der Waals surface area contributed by atoms with Crippen LogP contribution in [0.25, 0.3) is 0 Å². The molecule has 3 rings (SSSR count). The number of piperidine rings is 1. The van der Waals surface area contributed by atoms with Gasteiger partial charge in [-0.3, -0.25) is 4.79 Å². The summed E-state index contributed by atoms with van der Waals surface area (Å²) in [6.07, 6.45) is 0.822. The number of ether oxygens (including phenoxy) is 2. The highest BCUT2D eigenvalue weighted by Crippen LogP contribution is 2.30. The Kier molecular flexibility index (Phi) is 7.17. The van der Waals surface area contributed by atoms with Gasteiger partial charge in [0.15, 0.2) is 0 Å². The van der Waals surface area contributed by atoms with Gasteiger partial charge in [-0.15, -0.1) is 0 Å². The summed E-state index contributed by atoms with van der Waals surface area (Å²) in [4.78, 5) is 12.9. The number of nitrogens with zero attached hydrogens (tertiary/aromatic N) is 1. The Morgan fingerprint density at radius 1 is 1.10 bits per heavy atom. The number of nitrogens with one attached hydrogen (secondary N) is 1. The summed E-state index contributed by atoms with van der Waals surface area (Å²) in [7, 11) is -0.568. The first kappa shape index (κ1) is 23.0. The summed E-state index contributed by atoms with van der Waals surface area (Å²) in [6, 6.07) is 9.85. The Bertz CT molecular complexity index is 1020. The molecular weight excluding hydrogens is 423 g/mol. The molecule has 1 saturated heterocycles. The van der Waals surface area contributed by atoms with Gasteiger partial charge >= 0.3 is 0 Å². The highest BCUT2D eigenvalue weighted by molar-refractivity contribution is 7.89. The van der Waals surface area contributed by atoms with Gasteiger partial charge in [0.1, 0.15) is 17.3 Å². The standard InChI is InChI=1S/C22H27FN2O5S/c1-15(20-14-18(29-2)6-9-21(20)30-3)24-22(26)16-10-12-25(13-11-16)31(27,28)19-7-4-17(23)5-8-19/h4-9,14-16H,10-13H2,1-3H3,(H,24,26). The molecule has 31 heavy (non-hydrogen) atoms. The Labute approximate surface area is 182 Å². The zero-order chi connectivity index (χ0) is 22.6. The van der Waals surface area contributed by atoms with Crippen molar-refractivity contribution >= 4 is 15.9 Å². The van der Waals surface area contributed by atoms with Crippen LogP contribution in [0.15, 0.2) is 47.4 Å². The first-order chi connectivity index (χ1) is 14.8. The molecule has 0 aromatic heterocycles. The molecule has 7 nitrogen and oxygen atoms in total. The van der Waals surface area contributed by atoms with Gasteiger partial charge in [0.2, 0.25) is 15.9 Å². The minimum atomic E-state index is -3.71. The number of sulfonamides is 1. The molecule has 0 aliphatic carbocycles. The number of amides is 1. The molecule has 2 aromatic carbocycles. The molecule has 1 heterocycles. The molecule has 1 unspecified atom stereocenters. The van der Waals surface area contributed by atoms with E-state index in [1.807, 2.05) is 13.0 Å². The second-order valence-electron chi connectivity index (χ2n) is 7.47. The third-order valence-corrected chi connectivity index (χ3v) is 7.45. The second-order valence-corrected chi connectivity index (χ2v) is 9.41. The molecule has 0 bridgehead atoms. The zero-order valence-corrected chi connectivity index (χ0v) is 18.6. The van der Waals surface area contributed by atoms with Gasteiger partial charge in [0.25, 0.3) is 0 Å². The van der Waals surface area contributed by atoms with Crippen molar-refractivity contribution in [3.05, 3.63) is 53.8 Å². The predicted molar refractivity (Wildman–Crippen MR) is 114 cm³/mol. The third kappa shape index (κ3) is 5.16. The maximum Gasteiger partial charge on any atom is 0.243 e. The van der Waals surface area contributed by atoms with E-state index in [9.17, 15) is 17.6 Å². The molecule has 0 spiro atoms. The summed E-state index contributed by atoms with van der Waals surface area (Å²) in [5.41, 5.74) is 0.798. The van der Waals surface area contributed by atoms with Crippen LogP contribution in [-0.2, 0) is 14.8 Å². The van der Waals surface area contributed by atoms with Crippen molar-refractivity contribution in [1.82, 2.24) is 9.62 Å². The average Bonchev–Trinajstić information content (AvgIpc) is 2.78. The third-order valence-electron chi connectivity index (χ3n) is 5.54. The predicted octanol–water partition coefficient (Wildman–Crippen LogP) is 3.12. The van der Waals surface area contributed by atoms with Crippen molar-refractivity contribution in [2.75, 3.05) is 27.3 Å². The van der Waals surface area contributed by atoms with Gasteiger partial charge < -0.3 is 14.8 Å². The molecule has 1 amide bonds. The monoisotopic (exact) mass is 450 g/mol. The van der Waals surface area contributed by atoms with Gasteiger partial charge in [-0.25, -0.2) is 12.8 Å². The summed E-state index contributed by atoms with van der Waals surface area (Å²) in [6.45, 7) is 2.33. The molecule has 1 aliphatic heterocycles. The van der Waals surface area contributed by atoms with Crippen LogP contribution in [0.1, 0.15) is 31.4 Å². The second kappa shape index (κ2) is 9.65. The zero-order valence-electron chi connectivity index (χ0n) is 17.8. The minimum Gasteiger partial charge on any atom is -0.497 e. The van der Waals surface area contributed by atoms with E-state index >= 15 is 0 Å². The van der Waals surface area contributed by atoms with Gasteiger partial charge in [0.05, 0.1) is 25.2 Å². The van der Waals surface area contributed by atoms with Gasteiger partial charge in [-0.2, -0.15) is 4.31 Å². The molecule has 1 aliphatic rings. The van der Waals surface area contributed by atoms with E-state index < -0.39 is 15.8 Å². The van der Waals surface area contributed by atoms with Crippen molar-refractivity contribution in [1.29, 1.82) is 0 Å². The number of methoxy groups -OCH3 is 2. The maximum absolute atomic E-state index is 13.1. The van der Waals surface area contributed by atoms with Crippen molar-refractivity contribution in [2.45, 2.75) is 30.7 Å². The smallest absolute Gasteiger partial charge is 0.243 e. The van der Waals surface area contributed by atoms with Crippen molar-refractivity contribution in [3.8, 4) is 11.5 Å². The largest absolute Gasteiger partial charge is 0.497 e. The molecule has 9 heteroatoms. The normalized spacial score (nSPS) is 16.5. The first-order valence-electron chi connectivity index (χ1n) is 10.0. The lowest BCUT2D eigenvalue weighted by molar-refractivity contribution is -0.126. The fraction of sp³-hybridized carbons (Fsp3) is 0.409. The molecule has 2 aromatic rings. The first-order valence-corrected chi connectivity index (χ1v) is 11.5. The number of halogens is 1. The number of benzene rings is 2. The van der Waals surface area contributed by atoms with E-state index in [4.69, 9.17) is 9.47 Å². The molecule has 1 fully saturated rings. The van der Waals surface area contributed by atoms with Crippen LogP contribution in [-0.4, -0.2) is 45.9 Å². The Morgan fingerprint density at radius 3 is 2.32 bits per heavy atom. The Morgan fingerprint density at radius 2 is 1.74 bits per heavy atom. The summed E-state index contributed by atoms with van der Waals surface area (Å²) in [5, 5.41) is 3.00. The molecule has 0 saturated carbocycles. The highest BCUT2D eigenvalue weighted by atomic mass is 32.2. The SMILES string of the molecule is COc1ccc(OC)c(C(C)NC(=O)C2CCN(S(=O)(=O)c3ccc(F)cc3)CC2)c1. The van der Waals surface area contributed by atoms with Gasteiger partial charge in [-0.1, -0.05) is 0 Å². The van der Waals surface area contributed by atoms with Crippen molar-refractivity contribution in [2.24, 2.45) is 5.92 Å². The van der Waals surface area contributed by atoms with Crippen LogP contribution in [0.3, 0.4) is 0 Å². The fourth-order valence-corrected chi connectivity index (χ4v) is 5.17. The van der Waals surface area contributed by atoms with Gasteiger partial charge in [0, 0.05) is 24.6 Å². The van der Waals surface area contributed by atoms with Crippen LogP contribution in [0.4, 0.5) is 4.39 Å². The quantitative estimate of drug-likeness (QED) is 0.701. The van der Waals surface area contributed by atoms with Crippen molar-refractivity contribution in [3.63, 3.8) is 0 Å². The van der Waals surface area contributed by atoms with Crippen molar-refractivity contribution < 1.29 is 27.1 Å². The van der Waals surface area contributed by atoms with Gasteiger partial charge in [-0.05, 0) is 62.2 Å². The summed E-state index contributed by atoms with van der Waals surface area (Å²) < 4.78 is 50.6. The fourth-order valence-electron chi connectivity index (χ4n) is 3.70. The van der Waals surface area contributed by atoms with Crippen LogP contribution in [0.2, 0.25) is 0 Å². The van der Waals surface area contributed by atoms with E-state index in [0.29, 0.717) is 24.3 Å². The van der Waals surface area contributed by atoms with E-state index in [-0.39, 0.29) is 35.9 Å². The van der Waals surface area contributed by atoms with E-state index in [2.05, 4.69) is 5.32 Å². The maximum atomic E-state index is 13.1. The summed E-state index contributed by atoms with van der Waals surface area (Å²) in [5.74, 6) is 0.399. The summed E-state index contributed by atoms with van der Waals surface area (Å²) >= 11 is 0. The van der Waals surface area contributed by atoms with E-state index in [1.165, 1.54) is 16.4 Å². The van der Waals surface area contributed by atoms with Crippen LogP contribution >= 0.6 is 0 Å². The Hall–Kier alpha value is -2.65. The van der Waals surface area contributed by atoms with E-state index in [1.54, 1.807) is 26.4 Å². The number of carbonyl (C=O) groups excluding carboxylic acids is 1. The number of hydrogen-bond acceptors (Lipinski definition) is 5. The Balaban J connectivity index is 1.62. The molecule has 1 atom stereocenters. The molecule has 168 valence electrons. The number of carbonyl (C=O) groups is 1. The van der Waals surface area contributed by atoms with E-state index in [0.717, 1.165) is 17.7 Å². The lowest BCUT2D eigenvalue weighted by Crippen LogP contribution is -2.43. The lowest BCUT2D eigenvalue weighted by atomic mass is 9.96. The molecule has 0 radical (unpaired) electrons. The topological polar surface area (TPSA) is 84.9 Å². The highest BCUT2D eigenvalue weighted by Gasteiger charge is 2.32. The number of hydrogen-bond donors (Lipinski definition) is 1. The lowest BCUT2D eigenvalue weighted by Gasteiger charge is -2.31. The van der Waals surface area contributed by atoms with Crippen LogP contribution in [0.5, 0.6) is 11.5 Å². The molecule has 1 N–H and O–H groups in total.